The van der Waals surface area contributed by atoms with E-state index in [1.807, 2.05) is 0 Å². The average Bonchev–Trinajstić information content (AvgIpc) is 2.81. The molecule has 0 amide bonds. The molecule has 3 heteroatoms. The zero-order valence-electron chi connectivity index (χ0n) is 12.1. The lowest BCUT2D eigenvalue weighted by molar-refractivity contribution is 0.509. The normalized spacial score (nSPS) is 17.1. The maximum Gasteiger partial charge on any atom is 0.298 e. The van der Waals surface area contributed by atoms with Gasteiger partial charge in [-0.15, -0.1) is 0 Å². The summed E-state index contributed by atoms with van der Waals surface area (Å²) in [6.07, 6.45) is 3.81. The summed E-state index contributed by atoms with van der Waals surface area (Å²) < 4.78 is 5.89. The summed E-state index contributed by atoms with van der Waals surface area (Å²) in [5.41, 5.74) is 3.33. The van der Waals surface area contributed by atoms with E-state index in [1.165, 1.54) is 24.8 Å². The zero-order valence-corrected chi connectivity index (χ0v) is 12.1. The highest BCUT2D eigenvalue weighted by Crippen LogP contribution is 2.29. The molecule has 0 unspecified atom stereocenters. The van der Waals surface area contributed by atoms with Crippen LogP contribution in [0.1, 0.15) is 45.6 Å². The van der Waals surface area contributed by atoms with Crippen LogP contribution < -0.4 is 4.90 Å². The van der Waals surface area contributed by atoms with Crippen LogP contribution in [-0.2, 0) is 5.41 Å². The molecular weight excluding hydrogens is 236 g/mol. The SMILES string of the molecule is CC(C)(C)c1ccc2oc(N3CCCCC3)nc2c1. The van der Waals surface area contributed by atoms with Gasteiger partial charge in [-0.3, -0.25) is 0 Å². The van der Waals surface area contributed by atoms with Crippen LogP contribution in [0.2, 0.25) is 0 Å². The Labute approximate surface area is 114 Å². The van der Waals surface area contributed by atoms with Crippen LogP contribution >= 0.6 is 0 Å². The first kappa shape index (κ1) is 12.5. The number of fused-ring (bicyclic) bond motifs is 1. The highest BCUT2D eigenvalue weighted by Gasteiger charge is 2.19. The van der Waals surface area contributed by atoms with Gasteiger partial charge in [-0.2, -0.15) is 4.98 Å². The van der Waals surface area contributed by atoms with Gasteiger partial charge in [0.05, 0.1) is 0 Å². The van der Waals surface area contributed by atoms with Gasteiger partial charge in [-0.05, 0) is 42.4 Å². The number of hydrogen-bond donors (Lipinski definition) is 0. The van der Waals surface area contributed by atoms with E-state index in [4.69, 9.17) is 4.42 Å². The van der Waals surface area contributed by atoms with E-state index in [2.05, 4.69) is 48.9 Å². The number of rotatable bonds is 1. The summed E-state index contributed by atoms with van der Waals surface area (Å²) in [4.78, 5) is 6.93. The molecule has 3 nitrogen and oxygen atoms in total. The third-order valence-corrected chi connectivity index (χ3v) is 3.87. The molecule has 0 spiro atoms. The summed E-state index contributed by atoms with van der Waals surface area (Å²) >= 11 is 0. The molecule has 0 saturated carbocycles. The van der Waals surface area contributed by atoms with Crippen molar-refractivity contribution in [3.8, 4) is 0 Å². The van der Waals surface area contributed by atoms with Crippen LogP contribution in [0, 0.1) is 0 Å². The molecule has 1 saturated heterocycles. The summed E-state index contributed by atoms with van der Waals surface area (Å²) in [5.74, 6) is 0. The van der Waals surface area contributed by atoms with Crippen molar-refractivity contribution in [3.05, 3.63) is 23.8 Å². The molecule has 0 radical (unpaired) electrons. The van der Waals surface area contributed by atoms with Gasteiger partial charge in [0.2, 0.25) is 0 Å². The fourth-order valence-corrected chi connectivity index (χ4v) is 2.60. The van der Waals surface area contributed by atoms with Crippen molar-refractivity contribution in [3.63, 3.8) is 0 Å². The Bertz CT molecular complexity index is 574. The molecule has 1 aromatic heterocycles. The quantitative estimate of drug-likeness (QED) is 0.770. The van der Waals surface area contributed by atoms with E-state index < -0.39 is 0 Å². The molecule has 1 aliphatic rings. The van der Waals surface area contributed by atoms with Crippen LogP contribution in [-0.4, -0.2) is 18.1 Å². The smallest absolute Gasteiger partial charge is 0.298 e. The first-order chi connectivity index (χ1) is 9.04. The Kier molecular flexibility index (Phi) is 3.00. The average molecular weight is 258 g/mol. The van der Waals surface area contributed by atoms with Gasteiger partial charge >= 0.3 is 0 Å². The molecule has 2 heterocycles. The number of aromatic nitrogens is 1. The Morgan fingerprint density at radius 3 is 2.53 bits per heavy atom. The molecule has 0 bridgehead atoms. The first-order valence-corrected chi connectivity index (χ1v) is 7.20. The van der Waals surface area contributed by atoms with Crippen molar-refractivity contribution < 1.29 is 4.42 Å². The van der Waals surface area contributed by atoms with Crippen molar-refractivity contribution in [2.45, 2.75) is 45.4 Å². The van der Waals surface area contributed by atoms with Gasteiger partial charge < -0.3 is 9.32 Å². The van der Waals surface area contributed by atoms with E-state index in [0.29, 0.717) is 0 Å². The van der Waals surface area contributed by atoms with Crippen LogP contribution in [0.25, 0.3) is 11.1 Å². The molecule has 19 heavy (non-hydrogen) atoms. The topological polar surface area (TPSA) is 29.3 Å². The Morgan fingerprint density at radius 1 is 1.11 bits per heavy atom. The predicted octanol–water partition coefficient (Wildman–Crippen LogP) is 4.12. The molecule has 3 rings (SSSR count). The van der Waals surface area contributed by atoms with Gasteiger partial charge in [0.25, 0.3) is 6.01 Å². The summed E-state index contributed by atoms with van der Waals surface area (Å²) in [5, 5.41) is 0. The standard InChI is InChI=1S/C16H22N2O/c1-16(2,3)12-7-8-14-13(11-12)17-15(19-14)18-9-5-4-6-10-18/h7-8,11H,4-6,9-10H2,1-3H3. The van der Waals surface area contributed by atoms with Crippen molar-refractivity contribution in [2.75, 3.05) is 18.0 Å². The second-order valence-corrected chi connectivity index (χ2v) is 6.48. The lowest BCUT2D eigenvalue weighted by Gasteiger charge is -2.24. The lowest BCUT2D eigenvalue weighted by atomic mass is 9.87. The summed E-state index contributed by atoms with van der Waals surface area (Å²) in [7, 11) is 0. The fourth-order valence-electron chi connectivity index (χ4n) is 2.60. The van der Waals surface area contributed by atoms with E-state index in [-0.39, 0.29) is 5.41 Å². The number of anilines is 1. The highest BCUT2D eigenvalue weighted by atomic mass is 16.4. The van der Waals surface area contributed by atoms with Crippen molar-refractivity contribution in [1.29, 1.82) is 0 Å². The molecule has 102 valence electrons. The van der Waals surface area contributed by atoms with E-state index in [0.717, 1.165) is 30.2 Å². The molecule has 0 N–H and O–H groups in total. The third-order valence-electron chi connectivity index (χ3n) is 3.87. The minimum absolute atomic E-state index is 0.151. The number of oxazole rings is 1. The van der Waals surface area contributed by atoms with Gasteiger partial charge in [-0.1, -0.05) is 26.8 Å². The number of piperidine rings is 1. The molecular formula is C16H22N2O. The Balaban J connectivity index is 1.96. The largest absolute Gasteiger partial charge is 0.423 e. The summed E-state index contributed by atoms with van der Waals surface area (Å²) in [6, 6.07) is 7.15. The van der Waals surface area contributed by atoms with E-state index in [1.54, 1.807) is 0 Å². The van der Waals surface area contributed by atoms with Gasteiger partial charge in [-0.25, -0.2) is 0 Å². The Morgan fingerprint density at radius 2 is 1.84 bits per heavy atom. The van der Waals surface area contributed by atoms with Crippen molar-refractivity contribution in [2.24, 2.45) is 0 Å². The zero-order chi connectivity index (χ0) is 13.5. The van der Waals surface area contributed by atoms with Gasteiger partial charge in [0.15, 0.2) is 5.58 Å². The molecule has 0 atom stereocenters. The minimum atomic E-state index is 0.151. The number of hydrogen-bond acceptors (Lipinski definition) is 3. The van der Waals surface area contributed by atoms with Crippen LogP contribution in [0.4, 0.5) is 6.01 Å². The first-order valence-electron chi connectivity index (χ1n) is 7.20. The number of benzene rings is 1. The van der Waals surface area contributed by atoms with E-state index >= 15 is 0 Å². The monoisotopic (exact) mass is 258 g/mol. The molecule has 1 fully saturated rings. The van der Waals surface area contributed by atoms with Crippen LogP contribution in [0.5, 0.6) is 0 Å². The Hall–Kier alpha value is -1.51. The molecule has 1 aromatic carbocycles. The van der Waals surface area contributed by atoms with Crippen LogP contribution in [0.3, 0.4) is 0 Å². The molecule has 1 aliphatic heterocycles. The predicted molar refractivity (Wildman–Crippen MR) is 78.8 cm³/mol. The maximum absolute atomic E-state index is 5.89. The lowest BCUT2D eigenvalue weighted by Crippen LogP contribution is -2.29. The summed E-state index contributed by atoms with van der Waals surface area (Å²) in [6.45, 7) is 8.80. The highest BCUT2D eigenvalue weighted by molar-refractivity contribution is 5.75. The van der Waals surface area contributed by atoms with Gasteiger partial charge in [0, 0.05) is 13.1 Å². The van der Waals surface area contributed by atoms with Crippen LogP contribution in [0.15, 0.2) is 22.6 Å². The van der Waals surface area contributed by atoms with Crippen molar-refractivity contribution >= 4 is 17.1 Å². The van der Waals surface area contributed by atoms with E-state index in [9.17, 15) is 0 Å². The fraction of sp³-hybridized carbons (Fsp3) is 0.562. The second-order valence-electron chi connectivity index (χ2n) is 6.48. The molecule has 0 aliphatic carbocycles. The molecule has 2 aromatic rings. The number of nitrogens with zero attached hydrogens (tertiary/aromatic N) is 2. The minimum Gasteiger partial charge on any atom is -0.423 e. The maximum atomic E-state index is 5.89. The third kappa shape index (κ3) is 2.46. The second kappa shape index (κ2) is 4.55. The van der Waals surface area contributed by atoms with Gasteiger partial charge in [0.1, 0.15) is 5.52 Å². The van der Waals surface area contributed by atoms with Crippen molar-refractivity contribution in [1.82, 2.24) is 4.98 Å².